The van der Waals surface area contributed by atoms with Gasteiger partial charge in [0.05, 0.1) is 18.9 Å². The number of benzene rings is 2. The molecule has 0 aliphatic carbocycles. The maximum Gasteiger partial charge on any atom is 0.224 e. The van der Waals surface area contributed by atoms with Gasteiger partial charge >= 0.3 is 0 Å². The van der Waals surface area contributed by atoms with Crippen molar-refractivity contribution in [3.63, 3.8) is 0 Å². The smallest absolute Gasteiger partial charge is 0.224 e. The molecule has 1 amide bonds. The standard InChI is InChI=1S/C25H21F2N3O4/c1-32-20-6-5-17(13-21(20)33-15-16-9-11-28-12-10-16)30-23(31)7-8-24-29-14-22(34-24)25-18(26)3-2-4-19(25)27/h2-6,9-14H,7-8,15H2,1H3,(H,30,31). The fraction of sp³-hybridized carbons (Fsp3) is 0.160. The maximum absolute atomic E-state index is 13.9. The number of ether oxygens (including phenoxy) is 2. The number of methoxy groups -OCH3 is 1. The Labute approximate surface area is 194 Å². The average molecular weight is 465 g/mol. The highest BCUT2D eigenvalue weighted by molar-refractivity contribution is 5.91. The molecule has 1 N–H and O–H groups in total. The number of nitrogens with one attached hydrogen (secondary N) is 1. The summed E-state index contributed by atoms with van der Waals surface area (Å²) in [5, 5.41) is 2.78. The van der Waals surface area contributed by atoms with E-state index in [0.717, 1.165) is 17.7 Å². The van der Waals surface area contributed by atoms with Gasteiger partial charge in [0.1, 0.15) is 18.2 Å². The molecule has 4 aromatic rings. The van der Waals surface area contributed by atoms with E-state index in [9.17, 15) is 13.6 Å². The number of hydrogen-bond donors (Lipinski definition) is 1. The third-order valence-electron chi connectivity index (χ3n) is 4.92. The van der Waals surface area contributed by atoms with E-state index in [0.29, 0.717) is 23.8 Å². The molecule has 0 bridgehead atoms. The number of rotatable bonds is 9. The third-order valence-corrected chi connectivity index (χ3v) is 4.92. The lowest BCUT2D eigenvalue weighted by molar-refractivity contribution is -0.116. The number of amides is 1. The topological polar surface area (TPSA) is 86.5 Å². The number of carbonyl (C=O) groups is 1. The normalized spacial score (nSPS) is 10.7. The number of aromatic nitrogens is 2. The van der Waals surface area contributed by atoms with Gasteiger partial charge < -0.3 is 19.2 Å². The molecule has 0 radical (unpaired) electrons. The quantitative estimate of drug-likeness (QED) is 0.367. The van der Waals surface area contributed by atoms with Crippen molar-refractivity contribution < 1.29 is 27.5 Å². The van der Waals surface area contributed by atoms with Crippen molar-refractivity contribution in [2.24, 2.45) is 0 Å². The van der Waals surface area contributed by atoms with Gasteiger partial charge in [-0.25, -0.2) is 13.8 Å². The lowest BCUT2D eigenvalue weighted by atomic mass is 10.1. The Hall–Kier alpha value is -4.27. The van der Waals surface area contributed by atoms with E-state index in [1.165, 1.54) is 19.4 Å². The summed E-state index contributed by atoms with van der Waals surface area (Å²) in [5.41, 5.74) is 1.17. The second-order valence-corrected chi connectivity index (χ2v) is 7.27. The molecule has 0 saturated heterocycles. The molecule has 0 unspecified atom stereocenters. The van der Waals surface area contributed by atoms with Crippen molar-refractivity contribution in [3.8, 4) is 22.8 Å². The SMILES string of the molecule is COc1ccc(NC(=O)CCc2ncc(-c3c(F)cccc3F)o2)cc1OCc1ccncc1. The molecule has 0 saturated carbocycles. The van der Waals surface area contributed by atoms with Crippen LogP contribution in [0.3, 0.4) is 0 Å². The summed E-state index contributed by atoms with van der Waals surface area (Å²) in [6, 6.07) is 12.3. The van der Waals surface area contributed by atoms with Crippen LogP contribution in [0.4, 0.5) is 14.5 Å². The molecule has 9 heteroatoms. The number of pyridine rings is 1. The number of aryl methyl sites for hydroxylation is 1. The second-order valence-electron chi connectivity index (χ2n) is 7.27. The van der Waals surface area contributed by atoms with Crippen LogP contribution in [-0.2, 0) is 17.8 Å². The Morgan fingerprint density at radius 1 is 1.06 bits per heavy atom. The third kappa shape index (κ3) is 5.55. The summed E-state index contributed by atoms with van der Waals surface area (Å²) in [6.45, 7) is 0.311. The predicted molar refractivity (Wildman–Crippen MR) is 120 cm³/mol. The van der Waals surface area contributed by atoms with Gasteiger partial charge in [-0.2, -0.15) is 0 Å². The minimum Gasteiger partial charge on any atom is -0.493 e. The monoisotopic (exact) mass is 465 g/mol. The maximum atomic E-state index is 13.9. The lowest BCUT2D eigenvalue weighted by Crippen LogP contribution is -2.12. The second kappa shape index (κ2) is 10.6. The highest BCUT2D eigenvalue weighted by atomic mass is 19.1. The number of oxazole rings is 1. The van der Waals surface area contributed by atoms with E-state index >= 15 is 0 Å². The average Bonchev–Trinajstić information content (AvgIpc) is 3.30. The number of hydrogen-bond acceptors (Lipinski definition) is 6. The number of carbonyl (C=O) groups excluding carboxylic acids is 1. The van der Waals surface area contributed by atoms with Gasteiger partial charge in [-0.05, 0) is 42.0 Å². The number of nitrogens with zero attached hydrogens (tertiary/aromatic N) is 2. The minimum absolute atomic E-state index is 0.0304. The van der Waals surface area contributed by atoms with Crippen LogP contribution in [0.2, 0.25) is 0 Å². The van der Waals surface area contributed by atoms with Crippen molar-refractivity contribution in [1.82, 2.24) is 9.97 Å². The summed E-state index contributed by atoms with van der Waals surface area (Å²) in [7, 11) is 1.53. The van der Waals surface area contributed by atoms with Gasteiger partial charge in [-0.3, -0.25) is 9.78 Å². The van der Waals surface area contributed by atoms with Gasteiger partial charge in [0.2, 0.25) is 5.91 Å². The van der Waals surface area contributed by atoms with Crippen LogP contribution in [0.5, 0.6) is 11.5 Å². The molecule has 2 aromatic carbocycles. The fourth-order valence-corrected chi connectivity index (χ4v) is 3.23. The van der Waals surface area contributed by atoms with E-state index in [1.54, 1.807) is 30.6 Å². The summed E-state index contributed by atoms with van der Waals surface area (Å²) in [4.78, 5) is 20.4. The van der Waals surface area contributed by atoms with Crippen LogP contribution in [0.25, 0.3) is 11.3 Å². The zero-order valence-corrected chi connectivity index (χ0v) is 18.3. The zero-order valence-electron chi connectivity index (χ0n) is 18.3. The molecule has 4 rings (SSSR count). The van der Waals surface area contributed by atoms with Crippen LogP contribution in [-0.4, -0.2) is 23.0 Å². The van der Waals surface area contributed by atoms with Gasteiger partial charge in [0.15, 0.2) is 23.1 Å². The highest BCUT2D eigenvalue weighted by Crippen LogP contribution is 2.31. The molecule has 0 spiro atoms. The van der Waals surface area contributed by atoms with Gasteiger partial charge in [-0.15, -0.1) is 0 Å². The van der Waals surface area contributed by atoms with Crippen molar-refractivity contribution >= 4 is 11.6 Å². The van der Waals surface area contributed by atoms with E-state index in [-0.39, 0.29) is 36.0 Å². The Balaban J connectivity index is 1.36. The zero-order chi connectivity index (χ0) is 23.9. The van der Waals surface area contributed by atoms with Crippen molar-refractivity contribution in [3.05, 3.63) is 90.2 Å². The van der Waals surface area contributed by atoms with Crippen LogP contribution < -0.4 is 14.8 Å². The Kier molecular flexibility index (Phi) is 7.12. The molecule has 0 aliphatic rings. The van der Waals surface area contributed by atoms with Crippen LogP contribution in [0.15, 0.2) is 71.5 Å². The minimum atomic E-state index is -0.748. The van der Waals surface area contributed by atoms with E-state index in [1.807, 2.05) is 12.1 Å². The molecular weight excluding hydrogens is 444 g/mol. The van der Waals surface area contributed by atoms with E-state index < -0.39 is 11.6 Å². The lowest BCUT2D eigenvalue weighted by Gasteiger charge is -2.13. The largest absolute Gasteiger partial charge is 0.493 e. The highest BCUT2D eigenvalue weighted by Gasteiger charge is 2.16. The molecular formula is C25H21F2N3O4. The van der Waals surface area contributed by atoms with Crippen molar-refractivity contribution in [2.75, 3.05) is 12.4 Å². The Morgan fingerprint density at radius 2 is 1.82 bits per heavy atom. The summed E-state index contributed by atoms with van der Waals surface area (Å²) in [5.74, 6) is -0.618. The molecule has 7 nitrogen and oxygen atoms in total. The molecule has 0 fully saturated rings. The molecule has 2 aromatic heterocycles. The van der Waals surface area contributed by atoms with Gasteiger partial charge in [0.25, 0.3) is 0 Å². The van der Waals surface area contributed by atoms with E-state index in [4.69, 9.17) is 13.9 Å². The first-order valence-corrected chi connectivity index (χ1v) is 10.4. The van der Waals surface area contributed by atoms with Crippen molar-refractivity contribution in [2.45, 2.75) is 19.4 Å². The first kappa shape index (κ1) is 22.9. The molecule has 174 valence electrons. The summed E-state index contributed by atoms with van der Waals surface area (Å²) in [6.07, 6.45) is 4.81. The van der Waals surface area contributed by atoms with Crippen LogP contribution in [0, 0.1) is 11.6 Å². The summed E-state index contributed by atoms with van der Waals surface area (Å²) < 4.78 is 44.5. The fourth-order valence-electron chi connectivity index (χ4n) is 3.23. The molecule has 34 heavy (non-hydrogen) atoms. The Bertz CT molecular complexity index is 1260. The molecule has 0 atom stereocenters. The van der Waals surface area contributed by atoms with Gasteiger partial charge in [-0.1, -0.05) is 6.07 Å². The van der Waals surface area contributed by atoms with Crippen LogP contribution in [0.1, 0.15) is 17.9 Å². The first-order valence-electron chi connectivity index (χ1n) is 10.4. The van der Waals surface area contributed by atoms with Crippen LogP contribution >= 0.6 is 0 Å². The van der Waals surface area contributed by atoms with Crippen molar-refractivity contribution in [1.29, 1.82) is 0 Å². The first-order chi connectivity index (χ1) is 16.5. The Morgan fingerprint density at radius 3 is 2.56 bits per heavy atom. The number of halogens is 2. The number of anilines is 1. The van der Waals surface area contributed by atoms with E-state index in [2.05, 4.69) is 15.3 Å². The molecule has 0 aliphatic heterocycles. The summed E-state index contributed by atoms with van der Waals surface area (Å²) >= 11 is 0. The van der Waals surface area contributed by atoms with Gasteiger partial charge in [0, 0.05) is 37.0 Å². The molecule has 2 heterocycles. The predicted octanol–water partition coefficient (Wildman–Crippen LogP) is 5.17.